The minimum absolute atomic E-state index is 0.232. The van der Waals surface area contributed by atoms with Gasteiger partial charge in [-0.2, -0.15) is 0 Å². The molecule has 0 aromatic heterocycles. The molecule has 0 nitrogen and oxygen atoms in total. The van der Waals surface area contributed by atoms with E-state index in [9.17, 15) is 0 Å². The molecule has 0 radical (unpaired) electrons. The Balaban J connectivity index is 2.25. The van der Waals surface area contributed by atoms with Crippen LogP contribution in [-0.2, 0) is 11.8 Å². The lowest BCUT2D eigenvalue weighted by molar-refractivity contribution is 0.586. The van der Waals surface area contributed by atoms with Gasteiger partial charge in [0.2, 0.25) is 0 Å². The zero-order chi connectivity index (χ0) is 13.2. The first-order chi connectivity index (χ1) is 8.47. The predicted octanol–water partition coefficient (Wildman–Crippen LogP) is 4.88. The fourth-order valence-electron chi connectivity index (χ4n) is 2.51. The molecule has 0 amide bonds. The normalized spacial score (nSPS) is 11.6. The maximum absolute atomic E-state index is 2.33. The van der Waals surface area contributed by atoms with Gasteiger partial charge in [0, 0.05) is 0 Å². The number of aryl methyl sites for hydroxylation is 1. The van der Waals surface area contributed by atoms with Crippen LogP contribution in [-0.4, -0.2) is 0 Å². The topological polar surface area (TPSA) is 0 Å². The predicted molar refractivity (Wildman–Crippen MR) is 79.1 cm³/mol. The summed E-state index contributed by atoms with van der Waals surface area (Å²) in [5.41, 5.74) is 5.84. The highest BCUT2D eigenvalue weighted by Gasteiger charge is 2.15. The third-order valence-corrected chi connectivity index (χ3v) is 3.35. The molecule has 0 spiro atoms. The van der Waals surface area contributed by atoms with Gasteiger partial charge in [-0.1, -0.05) is 69.3 Å². The van der Waals surface area contributed by atoms with Crippen molar-refractivity contribution in [3.05, 3.63) is 70.8 Å². The summed E-state index contributed by atoms with van der Waals surface area (Å²) in [4.78, 5) is 0. The summed E-state index contributed by atoms with van der Waals surface area (Å²) >= 11 is 0. The molecular weight excluding hydrogens is 216 g/mol. The molecule has 0 aliphatic heterocycles. The van der Waals surface area contributed by atoms with Gasteiger partial charge in [-0.3, -0.25) is 0 Å². The lowest BCUT2D eigenvalue weighted by Crippen LogP contribution is -2.13. The number of rotatable bonds is 2. The first kappa shape index (κ1) is 12.9. The van der Waals surface area contributed by atoms with Gasteiger partial charge in [0.1, 0.15) is 0 Å². The molecule has 0 heteroatoms. The average molecular weight is 238 g/mol. The Morgan fingerprint density at radius 3 is 2.06 bits per heavy atom. The van der Waals surface area contributed by atoms with E-state index in [1.54, 1.807) is 0 Å². The summed E-state index contributed by atoms with van der Waals surface area (Å²) in [6.07, 6.45) is 1.02. The van der Waals surface area contributed by atoms with Gasteiger partial charge >= 0.3 is 0 Å². The molecule has 0 bridgehead atoms. The zero-order valence-electron chi connectivity index (χ0n) is 11.8. The maximum Gasteiger partial charge on any atom is -0.00257 e. The molecule has 18 heavy (non-hydrogen) atoms. The van der Waals surface area contributed by atoms with Crippen LogP contribution in [0.1, 0.15) is 43.0 Å². The summed E-state index contributed by atoms with van der Waals surface area (Å²) in [6.45, 7) is 9.03. The van der Waals surface area contributed by atoms with Crippen LogP contribution in [0.25, 0.3) is 0 Å². The van der Waals surface area contributed by atoms with Crippen molar-refractivity contribution in [1.29, 1.82) is 0 Å². The van der Waals surface area contributed by atoms with Gasteiger partial charge in [-0.25, -0.2) is 0 Å². The van der Waals surface area contributed by atoms with Crippen LogP contribution < -0.4 is 0 Å². The Hall–Kier alpha value is -1.56. The molecule has 0 heterocycles. The van der Waals surface area contributed by atoms with E-state index in [0.717, 1.165) is 6.42 Å². The lowest BCUT2D eigenvalue weighted by atomic mass is 9.83. The Morgan fingerprint density at radius 1 is 0.833 bits per heavy atom. The lowest BCUT2D eigenvalue weighted by Gasteiger charge is -2.22. The van der Waals surface area contributed by atoms with Gasteiger partial charge in [-0.05, 0) is 41.0 Å². The number of hydrogen-bond donors (Lipinski definition) is 0. The molecule has 0 aliphatic carbocycles. The Bertz CT molecular complexity index is 515. The number of hydrogen-bond acceptors (Lipinski definition) is 0. The molecule has 2 aromatic rings. The van der Waals surface area contributed by atoms with Crippen molar-refractivity contribution in [1.82, 2.24) is 0 Å². The van der Waals surface area contributed by atoms with Crippen molar-refractivity contribution in [2.75, 3.05) is 0 Å². The van der Waals surface area contributed by atoms with E-state index in [1.807, 2.05) is 0 Å². The van der Waals surface area contributed by atoms with Crippen molar-refractivity contribution < 1.29 is 0 Å². The van der Waals surface area contributed by atoms with Crippen LogP contribution in [0.5, 0.6) is 0 Å². The fourth-order valence-corrected chi connectivity index (χ4v) is 2.51. The van der Waals surface area contributed by atoms with Gasteiger partial charge in [0.25, 0.3) is 0 Å². The summed E-state index contributed by atoms with van der Waals surface area (Å²) in [5, 5.41) is 0. The minimum Gasteiger partial charge on any atom is -0.0622 e. The van der Waals surface area contributed by atoms with E-state index in [-0.39, 0.29) is 5.41 Å². The van der Waals surface area contributed by atoms with Crippen LogP contribution in [0.2, 0.25) is 0 Å². The van der Waals surface area contributed by atoms with Gasteiger partial charge < -0.3 is 0 Å². The van der Waals surface area contributed by atoms with Crippen LogP contribution in [0.15, 0.2) is 48.5 Å². The van der Waals surface area contributed by atoms with E-state index in [1.165, 1.54) is 22.3 Å². The molecule has 0 fully saturated rings. The average Bonchev–Trinajstić information content (AvgIpc) is 2.28. The smallest absolute Gasteiger partial charge is 0.00257 e. The second-order valence-corrected chi connectivity index (χ2v) is 6.06. The van der Waals surface area contributed by atoms with E-state index in [0.29, 0.717) is 0 Å². The van der Waals surface area contributed by atoms with Crippen molar-refractivity contribution in [3.8, 4) is 0 Å². The van der Waals surface area contributed by atoms with Crippen LogP contribution in [0.4, 0.5) is 0 Å². The molecule has 0 aliphatic rings. The molecule has 0 N–H and O–H groups in total. The van der Waals surface area contributed by atoms with Crippen molar-refractivity contribution in [2.24, 2.45) is 0 Å². The molecule has 2 rings (SSSR count). The van der Waals surface area contributed by atoms with Gasteiger partial charge in [-0.15, -0.1) is 0 Å². The Labute approximate surface area is 111 Å². The maximum atomic E-state index is 2.33. The largest absolute Gasteiger partial charge is 0.0622 e. The van der Waals surface area contributed by atoms with Crippen LogP contribution >= 0.6 is 0 Å². The van der Waals surface area contributed by atoms with Crippen molar-refractivity contribution in [2.45, 2.75) is 39.5 Å². The molecule has 0 atom stereocenters. The molecule has 2 aromatic carbocycles. The van der Waals surface area contributed by atoms with Gasteiger partial charge in [0.15, 0.2) is 0 Å². The molecule has 0 saturated carbocycles. The second-order valence-electron chi connectivity index (χ2n) is 6.06. The highest BCUT2D eigenvalue weighted by Crippen LogP contribution is 2.26. The highest BCUT2D eigenvalue weighted by molar-refractivity contribution is 5.37. The summed E-state index contributed by atoms with van der Waals surface area (Å²) in [6, 6.07) is 17.5. The summed E-state index contributed by atoms with van der Waals surface area (Å²) in [7, 11) is 0. The van der Waals surface area contributed by atoms with E-state index in [2.05, 4.69) is 76.2 Å². The second kappa shape index (κ2) is 4.97. The Kier molecular flexibility index (Phi) is 3.56. The first-order valence-electron chi connectivity index (χ1n) is 6.61. The third kappa shape index (κ3) is 3.01. The molecule has 0 saturated heterocycles. The van der Waals surface area contributed by atoms with Crippen molar-refractivity contribution in [3.63, 3.8) is 0 Å². The summed E-state index contributed by atoms with van der Waals surface area (Å²) in [5.74, 6) is 0. The molecule has 0 unspecified atom stereocenters. The standard InChI is InChI=1S/C18H22/c1-14-12-16(10-11-17(14)18(2,3)4)13-15-8-6-5-7-9-15/h5-12H,13H2,1-4H3. The first-order valence-corrected chi connectivity index (χ1v) is 6.61. The fraction of sp³-hybridized carbons (Fsp3) is 0.333. The number of benzene rings is 2. The molecular formula is C18H22. The minimum atomic E-state index is 0.232. The quantitative estimate of drug-likeness (QED) is 0.699. The summed E-state index contributed by atoms with van der Waals surface area (Å²) < 4.78 is 0. The monoisotopic (exact) mass is 238 g/mol. The SMILES string of the molecule is Cc1cc(Cc2ccccc2)ccc1C(C)(C)C. The van der Waals surface area contributed by atoms with Gasteiger partial charge in [0.05, 0.1) is 0 Å². The van der Waals surface area contributed by atoms with Crippen LogP contribution in [0.3, 0.4) is 0 Å². The zero-order valence-corrected chi connectivity index (χ0v) is 11.8. The highest BCUT2D eigenvalue weighted by atomic mass is 14.2. The van der Waals surface area contributed by atoms with E-state index in [4.69, 9.17) is 0 Å². The Morgan fingerprint density at radius 2 is 1.50 bits per heavy atom. The van der Waals surface area contributed by atoms with E-state index >= 15 is 0 Å². The van der Waals surface area contributed by atoms with E-state index < -0.39 is 0 Å². The van der Waals surface area contributed by atoms with Crippen molar-refractivity contribution >= 4 is 0 Å². The van der Waals surface area contributed by atoms with Crippen LogP contribution in [0, 0.1) is 6.92 Å². The third-order valence-electron chi connectivity index (χ3n) is 3.35. The molecule has 94 valence electrons.